The van der Waals surface area contributed by atoms with Crippen molar-refractivity contribution in [3.8, 4) is 5.69 Å². The van der Waals surface area contributed by atoms with E-state index in [9.17, 15) is 0 Å². The van der Waals surface area contributed by atoms with E-state index in [2.05, 4.69) is 37.3 Å². The average molecular weight is 323 g/mol. The maximum atomic E-state index is 5.34. The zero-order valence-corrected chi connectivity index (χ0v) is 13.5. The van der Waals surface area contributed by atoms with Gasteiger partial charge in [-0.3, -0.25) is 4.98 Å². The van der Waals surface area contributed by atoms with Crippen LogP contribution in [0.2, 0.25) is 0 Å². The van der Waals surface area contributed by atoms with Gasteiger partial charge in [-0.25, -0.2) is 4.98 Å². The molecule has 0 spiro atoms. The minimum Gasteiger partial charge on any atom is -0.358 e. The summed E-state index contributed by atoms with van der Waals surface area (Å²) in [5, 5.41) is 6.91. The molecular weight excluding hydrogens is 306 g/mol. The maximum Gasteiger partial charge on any atom is 0.171 e. The van der Waals surface area contributed by atoms with Crippen LogP contribution in [0.1, 0.15) is 11.4 Å². The Balaban J connectivity index is 1.69. The first-order valence-corrected chi connectivity index (χ1v) is 7.68. The van der Waals surface area contributed by atoms with Crippen LogP contribution in [0.25, 0.3) is 5.69 Å². The highest BCUT2D eigenvalue weighted by Crippen LogP contribution is 2.16. The second-order valence-corrected chi connectivity index (χ2v) is 5.43. The maximum absolute atomic E-state index is 5.34. The highest BCUT2D eigenvalue weighted by atomic mass is 32.1. The Morgan fingerprint density at radius 3 is 2.78 bits per heavy atom. The van der Waals surface area contributed by atoms with E-state index in [1.807, 2.05) is 37.4 Å². The van der Waals surface area contributed by atoms with Crippen LogP contribution >= 0.6 is 12.2 Å². The molecule has 0 amide bonds. The minimum absolute atomic E-state index is 0.565. The zero-order valence-electron chi connectivity index (χ0n) is 12.7. The number of pyridine rings is 1. The number of thiocarbonyl (C=S) groups is 1. The SMILES string of the molecule is Cc1nccn1-c1ccccc1CNC(=S)Nc1cccnc1. The molecule has 0 saturated heterocycles. The van der Waals surface area contributed by atoms with Crippen molar-refractivity contribution >= 4 is 23.0 Å². The van der Waals surface area contributed by atoms with Crippen molar-refractivity contribution in [3.63, 3.8) is 0 Å². The van der Waals surface area contributed by atoms with Gasteiger partial charge in [0.05, 0.1) is 17.6 Å². The molecule has 0 aliphatic heterocycles. The Labute approximate surface area is 140 Å². The van der Waals surface area contributed by atoms with Gasteiger partial charge in [-0.05, 0) is 42.9 Å². The smallest absolute Gasteiger partial charge is 0.171 e. The quantitative estimate of drug-likeness (QED) is 0.723. The Bertz CT molecular complexity index is 798. The molecule has 5 nitrogen and oxygen atoms in total. The van der Waals surface area contributed by atoms with Gasteiger partial charge in [-0.2, -0.15) is 0 Å². The van der Waals surface area contributed by atoms with E-state index in [1.165, 1.54) is 0 Å². The molecule has 2 aromatic heterocycles. The number of nitrogens with one attached hydrogen (secondary N) is 2. The second kappa shape index (κ2) is 7.02. The predicted molar refractivity (Wildman–Crippen MR) is 95.6 cm³/mol. The summed E-state index contributed by atoms with van der Waals surface area (Å²) in [4.78, 5) is 8.34. The van der Waals surface area contributed by atoms with Gasteiger partial charge in [0, 0.05) is 25.1 Å². The molecule has 3 rings (SSSR count). The highest BCUT2D eigenvalue weighted by Gasteiger charge is 2.07. The molecule has 0 unspecified atom stereocenters. The third-order valence-corrected chi connectivity index (χ3v) is 3.68. The van der Waals surface area contributed by atoms with Crippen molar-refractivity contribution < 1.29 is 0 Å². The van der Waals surface area contributed by atoms with Gasteiger partial charge >= 0.3 is 0 Å². The van der Waals surface area contributed by atoms with Crippen molar-refractivity contribution in [1.29, 1.82) is 0 Å². The summed E-state index contributed by atoms with van der Waals surface area (Å²) >= 11 is 5.34. The number of aryl methyl sites for hydroxylation is 1. The number of nitrogens with zero attached hydrogens (tertiary/aromatic N) is 3. The summed E-state index contributed by atoms with van der Waals surface area (Å²) in [5.74, 6) is 0.952. The summed E-state index contributed by atoms with van der Waals surface area (Å²) in [6.45, 7) is 2.61. The van der Waals surface area contributed by atoms with Crippen LogP contribution < -0.4 is 10.6 Å². The largest absolute Gasteiger partial charge is 0.358 e. The van der Waals surface area contributed by atoms with E-state index in [0.29, 0.717) is 11.7 Å². The van der Waals surface area contributed by atoms with Gasteiger partial charge in [0.2, 0.25) is 0 Å². The molecule has 2 N–H and O–H groups in total. The lowest BCUT2D eigenvalue weighted by atomic mass is 10.1. The van der Waals surface area contributed by atoms with Gasteiger partial charge in [-0.1, -0.05) is 18.2 Å². The first-order valence-electron chi connectivity index (χ1n) is 7.27. The molecule has 0 saturated carbocycles. The molecule has 0 radical (unpaired) electrons. The Kier molecular flexibility index (Phi) is 4.63. The van der Waals surface area contributed by atoms with E-state index >= 15 is 0 Å². The van der Waals surface area contributed by atoms with Crippen molar-refractivity contribution in [3.05, 3.63) is 72.6 Å². The first kappa shape index (κ1) is 15.2. The Morgan fingerprint density at radius 2 is 2.04 bits per heavy atom. The standard InChI is InChI=1S/C17H17N5S/c1-13-19-9-10-22(13)16-7-3-2-5-14(16)11-20-17(23)21-15-6-4-8-18-12-15/h2-10,12H,11H2,1H3,(H2,20,21,23). The number of benzene rings is 1. The van der Waals surface area contributed by atoms with Gasteiger partial charge in [0.1, 0.15) is 5.82 Å². The molecule has 0 bridgehead atoms. The van der Waals surface area contributed by atoms with E-state index in [1.54, 1.807) is 18.6 Å². The lowest BCUT2D eigenvalue weighted by molar-refractivity contribution is 0.885. The normalized spacial score (nSPS) is 10.3. The number of aromatic nitrogens is 3. The number of rotatable bonds is 4. The molecule has 23 heavy (non-hydrogen) atoms. The van der Waals surface area contributed by atoms with Crippen molar-refractivity contribution in [2.24, 2.45) is 0 Å². The van der Waals surface area contributed by atoms with E-state index < -0.39 is 0 Å². The molecule has 0 aliphatic rings. The van der Waals surface area contributed by atoms with Gasteiger partial charge in [0.15, 0.2) is 5.11 Å². The molecule has 2 heterocycles. The first-order chi connectivity index (χ1) is 11.2. The lowest BCUT2D eigenvalue weighted by Gasteiger charge is -2.14. The monoisotopic (exact) mass is 323 g/mol. The van der Waals surface area contributed by atoms with Crippen LogP contribution in [-0.2, 0) is 6.54 Å². The van der Waals surface area contributed by atoms with Gasteiger partial charge in [-0.15, -0.1) is 0 Å². The second-order valence-electron chi connectivity index (χ2n) is 5.02. The zero-order chi connectivity index (χ0) is 16.1. The third-order valence-electron chi connectivity index (χ3n) is 3.44. The summed E-state index contributed by atoms with van der Waals surface area (Å²) in [7, 11) is 0. The summed E-state index contributed by atoms with van der Waals surface area (Å²) < 4.78 is 2.06. The number of para-hydroxylation sites is 1. The van der Waals surface area contributed by atoms with E-state index in [4.69, 9.17) is 12.2 Å². The molecule has 6 heteroatoms. The highest BCUT2D eigenvalue weighted by molar-refractivity contribution is 7.80. The summed E-state index contributed by atoms with van der Waals surface area (Å²) in [6.07, 6.45) is 7.22. The molecular formula is C17H17N5S. The van der Waals surface area contributed by atoms with Crippen molar-refractivity contribution in [2.75, 3.05) is 5.32 Å². The van der Waals surface area contributed by atoms with Crippen molar-refractivity contribution in [2.45, 2.75) is 13.5 Å². The van der Waals surface area contributed by atoms with Crippen LogP contribution in [0.3, 0.4) is 0 Å². The minimum atomic E-state index is 0.565. The van der Waals surface area contributed by atoms with E-state index in [0.717, 1.165) is 22.8 Å². The molecule has 0 fully saturated rings. The van der Waals surface area contributed by atoms with Crippen LogP contribution in [0.15, 0.2) is 61.2 Å². The fourth-order valence-electron chi connectivity index (χ4n) is 2.32. The molecule has 116 valence electrons. The molecule has 0 aliphatic carbocycles. The lowest BCUT2D eigenvalue weighted by Crippen LogP contribution is -2.28. The molecule has 3 aromatic rings. The van der Waals surface area contributed by atoms with Crippen LogP contribution in [0, 0.1) is 6.92 Å². The Morgan fingerprint density at radius 1 is 1.17 bits per heavy atom. The number of imidazole rings is 1. The van der Waals surface area contributed by atoms with Gasteiger partial charge in [0.25, 0.3) is 0 Å². The van der Waals surface area contributed by atoms with Crippen LogP contribution in [0.4, 0.5) is 5.69 Å². The third kappa shape index (κ3) is 3.73. The van der Waals surface area contributed by atoms with E-state index in [-0.39, 0.29) is 0 Å². The average Bonchev–Trinajstić information content (AvgIpc) is 3.00. The number of hydrogen-bond acceptors (Lipinski definition) is 3. The van der Waals surface area contributed by atoms with Crippen LogP contribution in [0.5, 0.6) is 0 Å². The Hall–Kier alpha value is -2.73. The topological polar surface area (TPSA) is 54.8 Å². The summed E-state index contributed by atoms with van der Waals surface area (Å²) in [6, 6.07) is 12.0. The molecule has 1 aromatic carbocycles. The predicted octanol–water partition coefficient (Wildman–Crippen LogP) is 3.06. The fraction of sp³-hybridized carbons (Fsp3) is 0.118. The fourth-order valence-corrected chi connectivity index (χ4v) is 2.51. The number of anilines is 1. The molecule has 0 atom stereocenters. The van der Waals surface area contributed by atoms with Crippen molar-refractivity contribution in [1.82, 2.24) is 19.9 Å². The number of hydrogen-bond donors (Lipinski definition) is 2. The van der Waals surface area contributed by atoms with Crippen LogP contribution in [-0.4, -0.2) is 19.6 Å². The summed E-state index contributed by atoms with van der Waals surface area (Å²) in [5.41, 5.74) is 3.10. The van der Waals surface area contributed by atoms with Gasteiger partial charge < -0.3 is 15.2 Å².